The molecule has 0 amide bonds. The summed E-state index contributed by atoms with van der Waals surface area (Å²) >= 11 is 0. The molecule has 13 aromatic rings. The van der Waals surface area contributed by atoms with E-state index in [1.54, 1.807) is 0 Å². The molecule has 1 heterocycles. The quantitative estimate of drug-likeness (QED) is 0.123. The van der Waals surface area contributed by atoms with E-state index in [-0.39, 0.29) is 0 Å². The summed E-state index contributed by atoms with van der Waals surface area (Å²) in [6.07, 6.45) is 1.96. The fourth-order valence-corrected chi connectivity index (χ4v) is 10.7. The van der Waals surface area contributed by atoms with Crippen molar-refractivity contribution in [2.75, 3.05) is 0 Å². The third-order valence-electron chi connectivity index (χ3n) is 13.8. The van der Waals surface area contributed by atoms with Gasteiger partial charge in [0.15, 0.2) is 0 Å². The van der Waals surface area contributed by atoms with Gasteiger partial charge in [0, 0.05) is 16.7 Å². The second-order valence-corrected chi connectivity index (χ2v) is 17.7. The first kappa shape index (κ1) is 38.7. The van der Waals surface area contributed by atoms with Gasteiger partial charge < -0.3 is 0 Å². The Hall–Kier alpha value is -8.72. The molecule has 0 bridgehead atoms. The maximum Gasteiger partial charge on any atom is 0.0972 e. The predicted octanol–water partition coefficient (Wildman–Crippen LogP) is 17.7. The van der Waals surface area contributed by atoms with E-state index in [0.29, 0.717) is 0 Å². The Labute approximate surface area is 389 Å². The summed E-state index contributed by atoms with van der Waals surface area (Å²) in [6, 6.07) is 83.6. The Balaban J connectivity index is 0.923. The Bertz CT molecular complexity index is 4020. The minimum absolute atomic E-state index is 0.852. The van der Waals surface area contributed by atoms with Gasteiger partial charge in [-0.3, -0.25) is 4.98 Å². The van der Waals surface area contributed by atoms with Crippen molar-refractivity contribution >= 4 is 64.6 Å². The van der Waals surface area contributed by atoms with E-state index >= 15 is 0 Å². The van der Waals surface area contributed by atoms with Crippen molar-refractivity contribution in [3.05, 3.63) is 242 Å². The molecule has 1 aromatic heterocycles. The second-order valence-electron chi connectivity index (χ2n) is 17.7. The highest BCUT2D eigenvalue weighted by Crippen LogP contribution is 2.45. The van der Waals surface area contributed by atoms with Crippen molar-refractivity contribution in [2.24, 2.45) is 0 Å². The van der Waals surface area contributed by atoms with Crippen LogP contribution in [0.2, 0.25) is 0 Å². The zero-order valence-corrected chi connectivity index (χ0v) is 36.9. The number of hydrogen-bond acceptors (Lipinski definition) is 2. The van der Waals surface area contributed by atoms with Gasteiger partial charge in [0.1, 0.15) is 0 Å². The van der Waals surface area contributed by atoms with Gasteiger partial charge in [0.2, 0.25) is 0 Å². The molecule has 0 saturated heterocycles. The van der Waals surface area contributed by atoms with Crippen LogP contribution in [0.4, 0.5) is 0 Å². The van der Waals surface area contributed by atoms with Crippen LogP contribution in [0.25, 0.3) is 132 Å². The van der Waals surface area contributed by atoms with Crippen molar-refractivity contribution < 1.29 is 0 Å². The van der Waals surface area contributed by atoms with Crippen LogP contribution in [-0.2, 0) is 0 Å². The third kappa shape index (κ3) is 6.41. The lowest BCUT2D eigenvalue weighted by molar-refractivity contribution is 1.22. The van der Waals surface area contributed by atoms with Crippen molar-refractivity contribution in [3.8, 4) is 67.2 Å². The molecule has 12 aromatic carbocycles. The zero-order chi connectivity index (χ0) is 44.4. The van der Waals surface area contributed by atoms with E-state index < -0.39 is 0 Å². The van der Waals surface area contributed by atoms with Crippen LogP contribution in [0.5, 0.6) is 0 Å². The standard InChI is InChI=1S/C65H42N2/c1-41-15-12-20-43-33-34-45-22-14-28-55(62(45)59(41)43)54-27-13-21-44-35-36-50-39-49(37-38-51(50)60(44)54)42-29-31-46(32-30-42)61-52-23-8-10-25-56(52)63(57-26-11-9-24-53(57)61)58-40-66-64(47-16-4-2-5-17-47)65(67-58)48-18-6-3-7-19-48/h2-40H,1H3. The van der Waals surface area contributed by atoms with Crippen LogP contribution in [0.15, 0.2) is 237 Å². The average Bonchev–Trinajstić information content (AvgIpc) is 3.40. The lowest BCUT2D eigenvalue weighted by atomic mass is 9.86. The first-order valence-electron chi connectivity index (χ1n) is 23.1. The van der Waals surface area contributed by atoms with E-state index in [0.717, 1.165) is 44.5 Å². The summed E-state index contributed by atoms with van der Waals surface area (Å²) in [7, 11) is 0. The molecule has 2 nitrogen and oxygen atoms in total. The number of rotatable bonds is 6. The molecule has 0 saturated carbocycles. The van der Waals surface area contributed by atoms with Crippen LogP contribution in [0.1, 0.15) is 5.56 Å². The number of aromatic nitrogens is 2. The largest absolute Gasteiger partial charge is 0.252 e. The van der Waals surface area contributed by atoms with E-state index in [2.05, 4.69) is 225 Å². The van der Waals surface area contributed by atoms with Gasteiger partial charge in [-0.1, -0.05) is 224 Å². The molecular weight excluding hydrogens is 809 g/mol. The summed E-state index contributed by atoms with van der Waals surface area (Å²) in [5.41, 5.74) is 14.4. The average molecular weight is 851 g/mol. The highest BCUT2D eigenvalue weighted by Gasteiger charge is 2.21. The molecule has 2 heteroatoms. The molecule has 0 radical (unpaired) electrons. The van der Waals surface area contributed by atoms with E-state index in [4.69, 9.17) is 9.97 Å². The molecular formula is C65H42N2. The number of fused-ring (bicyclic) bond motifs is 8. The molecule has 0 spiro atoms. The molecule has 0 aliphatic heterocycles. The third-order valence-corrected chi connectivity index (χ3v) is 13.8. The van der Waals surface area contributed by atoms with Gasteiger partial charge in [-0.15, -0.1) is 0 Å². The van der Waals surface area contributed by atoms with Crippen molar-refractivity contribution in [1.29, 1.82) is 0 Å². The minimum atomic E-state index is 0.852. The van der Waals surface area contributed by atoms with E-state index in [1.165, 1.54) is 92.8 Å². The summed E-state index contributed by atoms with van der Waals surface area (Å²) in [4.78, 5) is 10.6. The van der Waals surface area contributed by atoms with Gasteiger partial charge in [0.05, 0.1) is 23.3 Å². The van der Waals surface area contributed by atoms with Gasteiger partial charge in [-0.05, 0) is 117 Å². The molecule has 13 rings (SSSR count). The zero-order valence-electron chi connectivity index (χ0n) is 36.9. The Morgan fingerprint density at radius 1 is 0.299 bits per heavy atom. The molecule has 0 N–H and O–H groups in total. The monoisotopic (exact) mass is 850 g/mol. The van der Waals surface area contributed by atoms with Crippen LogP contribution < -0.4 is 0 Å². The van der Waals surface area contributed by atoms with Crippen LogP contribution in [-0.4, -0.2) is 9.97 Å². The van der Waals surface area contributed by atoms with Crippen LogP contribution >= 0.6 is 0 Å². The minimum Gasteiger partial charge on any atom is -0.252 e. The van der Waals surface area contributed by atoms with E-state index in [1.807, 2.05) is 18.3 Å². The Morgan fingerprint density at radius 3 is 1.43 bits per heavy atom. The van der Waals surface area contributed by atoms with E-state index in [9.17, 15) is 0 Å². The summed E-state index contributed by atoms with van der Waals surface area (Å²) < 4.78 is 0. The number of aryl methyl sites for hydroxylation is 1. The topological polar surface area (TPSA) is 25.8 Å². The van der Waals surface area contributed by atoms with Crippen LogP contribution in [0, 0.1) is 6.92 Å². The van der Waals surface area contributed by atoms with Gasteiger partial charge in [-0.2, -0.15) is 0 Å². The predicted molar refractivity (Wildman–Crippen MR) is 284 cm³/mol. The Kier molecular flexibility index (Phi) is 9.11. The fraction of sp³-hybridized carbons (Fsp3) is 0.0154. The summed E-state index contributed by atoms with van der Waals surface area (Å²) in [6.45, 7) is 2.23. The highest BCUT2D eigenvalue weighted by molar-refractivity contribution is 6.23. The molecule has 0 fully saturated rings. The maximum atomic E-state index is 5.46. The van der Waals surface area contributed by atoms with Gasteiger partial charge >= 0.3 is 0 Å². The van der Waals surface area contributed by atoms with Crippen molar-refractivity contribution in [2.45, 2.75) is 6.92 Å². The lowest BCUT2D eigenvalue weighted by Crippen LogP contribution is -1.98. The smallest absolute Gasteiger partial charge is 0.0972 e. The SMILES string of the molecule is Cc1cccc2ccc3cccc(-c4cccc5ccc6cc(-c7ccc(-c8c9ccccc9c(-c9cnc(-c%10ccccc%10)c(-c%10ccccc%10)n9)c9ccccc89)cc7)ccc6c45)c3c12. The highest BCUT2D eigenvalue weighted by atomic mass is 14.8. The van der Waals surface area contributed by atoms with Gasteiger partial charge in [0.25, 0.3) is 0 Å². The molecule has 0 aliphatic rings. The maximum absolute atomic E-state index is 5.46. The lowest BCUT2D eigenvalue weighted by Gasteiger charge is -2.18. The molecule has 0 aliphatic carbocycles. The first-order valence-corrected chi connectivity index (χ1v) is 23.1. The molecule has 312 valence electrons. The molecule has 67 heavy (non-hydrogen) atoms. The molecule has 0 unspecified atom stereocenters. The van der Waals surface area contributed by atoms with Gasteiger partial charge in [-0.25, -0.2) is 4.98 Å². The van der Waals surface area contributed by atoms with Crippen molar-refractivity contribution in [1.82, 2.24) is 9.97 Å². The fourth-order valence-electron chi connectivity index (χ4n) is 10.7. The normalized spacial score (nSPS) is 11.7. The number of benzene rings is 12. The summed E-state index contributed by atoms with van der Waals surface area (Å²) in [5.74, 6) is 0. The molecule has 0 atom stereocenters. The van der Waals surface area contributed by atoms with Crippen LogP contribution in [0.3, 0.4) is 0 Å². The number of hydrogen-bond donors (Lipinski definition) is 0. The van der Waals surface area contributed by atoms with Crippen molar-refractivity contribution in [3.63, 3.8) is 0 Å². The second kappa shape index (κ2) is 15.8. The summed E-state index contributed by atoms with van der Waals surface area (Å²) in [5, 5.41) is 14.9. The number of nitrogens with zero attached hydrogens (tertiary/aromatic N) is 2. The Morgan fingerprint density at radius 2 is 0.791 bits per heavy atom. The first-order chi connectivity index (χ1) is 33.2.